The van der Waals surface area contributed by atoms with Crippen LogP contribution >= 0.6 is 34.8 Å². The van der Waals surface area contributed by atoms with Gasteiger partial charge in [0.2, 0.25) is 5.22 Å². The van der Waals surface area contributed by atoms with Crippen LogP contribution in [0.1, 0.15) is 19.4 Å². The minimum absolute atomic E-state index is 0.0128. The Morgan fingerprint density at radius 1 is 1.28 bits per heavy atom. The molecule has 1 atom stereocenters. The molecule has 0 saturated heterocycles. The van der Waals surface area contributed by atoms with E-state index in [0.717, 1.165) is 0 Å². The number of pyridine rings is 1. The van der Waals surface area contributed by atoms with Crippen molar-refractivity contribution in [2.24, 2.45) is 0 Å². The van der Waals surface area contributed by atoms with Crippen LogP contribution in [-0.2, 0) is 15.1 Å². The molecule has 2 heterocycles. The van der Waals surface area contributed by atoms with E-state index >= 15 is 0 Å². The summed E-state index contributed by atoms with van der Waals surface area (Å²) >= 11 is 17.9. The van der Waals surface area contributed by atoms with Crippen molar-refractivity contribution in [3.63, 3.8) is 0 Å². The molecule has 0 amide bonds. The largest absolute Gasteiger partial charge is 0.410 e. The smallest absolute Gasteiger partial charge is 0.342 e. The summed E-state index contributed by atoms with van der Waals surface area (Å²) in [6, 6.07) is 0. The number of carbonyl (C=O) groups is 1. The van der Waals surface area contributed by atoms with Crippen molar-refractivity contribution in [1.82, 2.24) is 10.3 Å². The van der Waals surface area contributed by atoms with Crippen LogP contribution in [0.4, 0.5) is 0 Å². The number of hydrogen-bond acceptors (Lipinski definition) is 4. The zero-order valence-corrected chi connectivity index (χ0v) is 11.8. The SMILES string of the molecule is CC1=C(Cl)OC(=O)[C@](C)(c2c(Cl)cncc2Cl)N1. The highest BCUT2D eigenvalue weighted by Gasteiger charge is 2.44. The highest BCUT2D eigenvalue weighted by Crippen LogP contribution is 2.38. The summed E-state index contributed by atoms with van der Waals surface area (Å²) in [7, 11) is 0. The number of esters is 1. The van der Waals surface area contributed by atoms with Gasteiger partial charge < -0.3 is 10.1 Å². The van der Waals surface area contributed by atoms with Gasteiger partial charge in [0.25, 0.3) is 0 Å². The van der Waals surface area contributed by atoms with Gasteiger partial charge in [-0.15, -0.1) is 0 Å². The lowest BCUT2D eigenvalue weighted by Crippen LogP contribution is -2.50. The number of nitrogens with zero attached hydrogens (tertiary/aromatic N) is 1. The number of carbonyl (C=O) groups excluding carboxylic acids is 1. The number of aromatic nitrogens is 1. The number of ether oxygens (including phenoxy) is 1. The number of nitrogens with one attached hydrogen (secondary N) is 1. The van der Waals surface area contributed by atoms with Gasteiger partial charge in [0, 0.05) is 18.0 Å². The second-order valence-electron chi connectivity index (χ2n) is 4.02. The molecule has 1 aliphatic heterocycles. The molecule has 2 rings (SSSR count). The van der Waals surface area contributed by atoms with E-state index in [9.17, 15) is 4.79 Å². The highest BCUT2D eigenvalue weighted by atomic mass is 35.5. The Morgan fingerprint density at radius 2 is 1.83 bits per heavy atom. The van der Waals surface area contributed by atoms with Crippen molar-refractivity contribution >= 4 is 40.8 Å². The first-order valence-corrected chi connectivity index (χ1v) is 6.16. The number of halogens is 3. The average Bonchev–Trinajstić information content (AvgIpc) is 2.26. The van der Waals surface area contributed by atoms with E-state index in [1.807, 2.05) is 0 Å². The topological polar surface area (TPSA) is 51.2 Å². The molecular formula is C11H9Cl3N2O2. The lowest BCUT2D eigenvalue weighted by Gasteiger charge is -2.34. The third-order valence-corrected chi connectivity index (χ3v) is 3.61. The van der Waals surface area contributed by atoms with E-state index in [-0.39, 0.29) is 15.3 Å². The molecule has 18 heavy (non-hydrogen) atoms. The fourth-order valence-corrected chi connectivity index (χ4v) is 2.65. The normalized spacial score (nSPS) is 23.7. The first kappa shape index (κ1) is 13.5. The van der Waals surface area contributed by atoms with Crippen LogP contribution < -0.4 is 5.32 Å². The van der Waals surface area contributed by atoms with Crippen molar-refractivity contribution in [3.05, 3.63) is 38.9 Å². The van der Waals surface area contributed by atoms with Crippen LogP contribution in [0, 0.1) is 0 Å². The fraction of sp³-hybridized carbons (Fsp3) is 0.273. The molecule has 0 bridgehead atoms. The van der Waals surface area contributed by atoms with Crippen molar-refractivity contribution in [3.8, 4) is 0 Å². The highest BCUT2D eigenvalue weighted by molar-refractivity contribution is 6.36. The van der Waals surface area contributed by atoms with Gasteiger partial charge in [-0.1, -0.05) is 23.2 Å². The van der Waals surface area contributed by atoms with Gasteiger partial charge in [0.15, 0.2) is 5.54 Å². The molecule has 0 aliphatic carbocycles. The Morgan fingerprint density at radius 3 is 2.39 bits per heavy atom. The molecule has 4 nitrogen and oxygen atoms in total. The Balaban J connectivity index is 2.59. The van der Waals surface area contributed by atoms with Crippen LogP contribution in [0.2, 0.25) is 10.0 Å². The zero-order valence-electron chi connectivity index (χ0n) is 9.55. The first-order chi connectivity index (χ1) is 8.36. The van der Waals surface area contributed by atoms with Gasteiger partial charge in [-0.3, -0.25) is 4.98 Å². The van der Waals surface area contributed by atoms with Crippen LogP contribution in [0.3, 0.4) is 0 Å². The number of allylic oxidation sites excluding steroid dienone is 1. The molecule has 0 unspecified atom stereocenters. The Bertz CT molecular complexity index is 539. The molecule has 96 valence electrons. The van der Waals surface area contributed by atoms with E-state index in [4.69, 9.17) is 39.5 Å². The second kappa shape index (κ2) is 4.61. The van der Waals surface area contributed by atoms with Crippen LogP contribution in [0.15, 0.2) is 23.3 Å². The average molecular weight is 308 g/mol. The lowest BCUT2D eigenvalue weighted by atomic mass is 9.91. The van der Waals surface area contributed by atoms with Gasteiger partial charge in [0.1, 0.15) is 0 Å². The monoisotopic (exact) mass is 306 g/mol. The molecule has 0 aromatic carbocycles. The first-order valence-electron chi connectivity index (χ1n) is 5.02. The van der Waals surface area contributed by atoms with Gasteiger partial charge in [0.05, 0.1) is 15.7 Å². The zero-order chi connectivity index (χ0) is 13.5. The maximum absolute atomic E-state index is 12.0. The molecule has 1 aliphatic rings. The van der Waals surface area contributed by atoms with Gasteiger partial charge >= 0.3 is 5.97 Å². The maximum atomic E-state index is 12.0. The Labute approximate surface area is 119 Å². The minimum atomic E-state index is -1.19. The summed E-state index contributed by atoms with van der Waals surface area (Å²) < 4.78 is 4.98. The van der Waals surface area contributed by atoms with Gasteiger partial charge in [-0.25, -0.2) is 4.79 Å². The van der Waals surface area contributed by atoms with Crippen molar-refractivity contribution in [1.29, 1.82) is 0 Å². The third-order valence-electron chi connectivity index (χ3n) is 2.68. The predicted molar refractivity (Wildman–Crippen MR) is 69.4 cm³/mol. The molecule has 0 radical (unpaired) electrons. The summed E-state index contributed by atoms with van der Waals surface area (Å²) in [5.41, 5.74) is -0.253. The summed E-state index contributed by atoms with van der Waals surface area (Å²) in [5.74, 6) is -0.576. The maximum Gasteiger partial charge on any atom is 0.342 e. The molecule has 1 aromatic heterocycles. The predicted octanol–water partition coefficient (Wildman–Crippen LogP) is 3.18. The number of rotatable bonds is 1. The molecule has 1 aromatic rings. The summed E-state index contributed by atoms with van der Waals surface area (Å²) in [5, 5.41) is 3.54. The number of cyclic esters (lactones) is 1. The molecule has 0 spiro atoms. The van der Waals surface area contributed by atoms with E-state index in [0.29, 0.717) is 11.3 Å². The van der Waals surface area contributed by atoms with Crippen LogP contribution in [-0.4, -0.2) is 11.0 Å². The summed E-state index contributed by atoms with van der Waals surface area (Å²) in [6.07, 6.45) is 2.83. The summed E-state index contributed by atoms with van der Waals surface area (Å²) in [4.78, 5) is 15.9. The van der Waals surface area contributed by atoms with E-state index in [1.165, 1.54) is 12.4 Å². The lowest BCUT2D eigenvalue weighted by molar-refractivity contribution is -0.147. The van der Waals surface area contributed by atoms with Crippen molar-refractivity contribution in [2.75, 3.05) is 0 Å². The molecule has 0 fully saturated rings. The van der Waals surface area contributed by atoms with Crippen molar-refractivity contribution in [2.45, 2.75) is 19.4 Å². The molecular weight excluding hydrogens is 298 g/mol. The van der Waals surface area contributed by atoms with E-state index in [1.54, 1.807) is 13.8 Å². The Hall–Kier alpha value is -0.970. The fourth-order valence-electron chi connectivity index (χ4n) is 1.79. The van der Waals surface area contributed by atoms with Crippen LogP contribution in [0.5, 0.6) is 0 Å². The van der Waals surface area contributed by atoms with Gasteiger partial charge in [-0.2, -0.15) is 0 Å². The standard InChI is InChI=1S/C11H9Cl3N2O2/c1-5-9(14)18-10(17)11(2,16-5)8-6(12)3-15-4-7(8)13/h3-4,16H,1-2H3/t11-/m0/s1. The quantitative estimate of drug-likeness (QED) is 0.810. The minimum Gasteiger partial charge on any atom is -0.410 e. The molecule has 7 heteroatoms. The van der Waals surface area contributed by atoms with E-state index in [2.05, 4.69) is 10.3 Å². The van der Waals surface area contributed by atoms with E-state index < -0.39 is 11.5 Å². The third kappa shape index (κ3) is 2.05. The molecule has 0 saturated carbocycles. The molecule has 1 N–H and O–H groups in total. The second-order valence-corrected chi connectivity index (χ2v) is 5.17. The van der Waals surface area contributed by atoms with Crippen molar-refractivity contribution < 1.29 is 9.53 Å². The van der Waals surface area contributed by atoms with Gasteiger partial charge in [-0.05, 0) is 25.4 Å². The summed E-state index contributed by atoms with van der Waals surface area (Å²) in [6.45, 7) is 3.31. The number of hydrogen-bond donors (Lipinski definition) is 1. The van der Waals surface area contributed by atoms with Crippen LogP contribution in [0.25, 0.3) is 0 Å². The Kier molecular flexibility index (Phi) is 3.45.